The van der Waals surface area contributed by atoms with Gasteiger partial charge in [0.25, 0.3) is 0 Å². The van der Waals surface area contributed by atoms with Crippen LogP contribution in [0.2, 0.25) is 0 Å². The van der Waals surface area contributed by atoms with Gasteiger partial charge in [-0.2, -0.15) is 0 Å². The number of para-hydroxylation sites is 3. The smallest absolute Gasteiger partial charge is 0.164 e. The van der Waals surface area contributed by atoms with Gasteiger partial charge in [0.2, 0.25) is 0 Å². The van der Waals surface area contributed by atoms with Crippen molar-refractivity contribution in [2.75, 3.05) is 0 Å². The molecule has 0 spiro atoms. The first-order valence-corrected chi connectivity index (χ1v) is 26.6. The van der Waals surface area contributed by atoms with Gasteiger partial charge in [-0.15, -0.1) is 0 Å². The van der Waals surface area contributed by atoms with E-state index >= 15 is 0 Å². The zero-order chi connectivity index (χ0) is 52.0. The van der Waals surface area contributed by atoms with Crippen LogP contribution in [-0.2, 0) is 0 Å². The van der Waals surface area contributed by atoms with Crippen molar-refractivity contribution in [3.63, 3.8) is 0 Å². The summed E-state index contributed by atoms with van der Waals surface area (Å²) in [6.07, 6.45) is 3.55. The van der Waals surface area contributed by atoms with Crippen LogP contribution in [0.25, 0.3) is 155 Å². The standard InChI is InChI=1S/C72H44N6O/c1-3-13-45(14-4-1)48-25-26-50-41-54(28-27-49(50)39-48)71-74-70(75-72(76-71)60-21-12-24-67-69(60)59-37-38-73-44-68(59)79-67)53-16-11-15-47(40-53)46-29-33-56(34-30-46)78-64-23-10-8-20-58(64)62-43-52(32-36-66(62)78)51-31-35-65-61(42-51)57-19-7-9-22-63(57)77(65)55-17-5-2-6-18-55/h1-44H. The maximum absolute atomic E-state index is 6.29. The van der Waals surface area contributed by atoms with E-state index < -0.39 is 0 Å². The Morgan fingerprint density at radius 3 is 1.47 bits per heavy atom. The third kappa shape index (κ3) is 7.43. The van der Waals surface area contributed by atoms with Gasteiger partial charge in [0.05, 0.1) is 28.3 Å². The third-order valence-electron chi connectivity index (χ3n) is 15.7. The Morgan fingerprint density at radius 1 is 0.291 bits per heavy atom. The molecule has 0 aliphatic carbocycles. The van der Waals surface area contributed by atoms with Crippen LogP contribution < -0.4 is 0 Å². The quantitative estimate of drug-likeness (QED) is 0.152. The second kappa shape index (κ2) is 17.9. The number of benzene rings is 11. The van der Waals surface area contributed by atoms with Crippen molar-refractivity contribution in [1.82, 2.24) is 29.1 Å². The van der Waals surface area contributed by atoms with Crippen molar-refractivity contribution < 1.29 is 4.42 Å². The molecule has 16 aromatic rings. The summed E-state index contributed by atoms with van der Waals surface area (Å²) in [6, 6.07) is 90.8. The van der Waals surface area contributed by atoms with E-state index in [4.69, 9.17) is 19.4 Å². The highest BCUT2D eigenvalue weighted by Gasteiger charge is 2.20. The Balaban J connectivity index is 0.768. The molecule has 16 rings (SSSR count). The molecular weight excluding hydrogens is 965 g/mol. The van der Waals surface area contributed by atoms with Gasteiger partial charge in [0, 0.05) is 66.6 Å². The molecule has 0 saturated carbocycles. The molecule has 79 heavy (non-hydrogen) atoms. The summed E-state index contributed by atoms with van der Waals surface area (Å²) in [7, 11) is 0. The van der Waals surface area contributed by atoms with Gasteiger partial charge < -0.3 is 13.6 Å². The topological polar surface area (TPSA) is 74.6 Å². The van der Waals surface area contributed by atoms with Gasteiger partial charge in [-0.1, -0.05) is 164 Å². The Labute approximate surface area is 453 Å². The second-order valence-corrected chi connectivity index (χ2v) is 20.2. The molecule has 0 atom stereocenters. The minimum Gasteiger partial charge on any atom is -0.454 e. The summed E-state index contributed by atoms with van der Waals surface area (Å²) < 4.78 is 11.0. The van der Waals surface area contributed by atoms with Crippen LogP contribution in [0.15, 0.2) is 272 Å². The van der Waals surface area contributed by atoms with Crippen molar-refractivity contribution in [1.29, 1.82) is 0 Å². The molecule has 0 fully saturated rings. The normalized spacial score (nSPS) is 11.8. The first kappa shape index (κ1) is 44.5. The monoisotopic (exact) mass is 1010 g/mol. The highest BCUT2D eigenvalue weighted by molar-refractivity contribution is 6.14. The third-order valence-corrected chi connectivity index (χ3v) is 15.7. The van der Waals surface area contributed by atoms with E-state index in [1.54, 1.807) is 12.4 Å². The summed E-state index contributed by atoms with van der Waals surface area (Å²) in [5.74, 6) is 1.72. The maximum atomic E-state index is 6.29. The molecule has 0 aliphatic heterocycles. The zero-order valence-corrected chi connectivity index (χ0v) is 42.5. The van der Waals surface area contributed by atoms with Gasteiger partial charge in [-0.3, -0.25) is 4.98 Å². The van der Waals surface area contributed by atoms with Crippen molar-refractivity contribution in [2.24, 2.45) is 0 Å². The highest BCUT2D eigenvalue weighted by atomic mass is 16.3. The number of hydrogen-bond acceptors (Lipinski definition) is 5. The van der Waals surface area contributed by atoms with E-state index in [2.05, 4.69) is 245 Å². The van der Waals surface area contributed by atoms with Crippen LogP contribution in [0.1, 0.15) is 0 Å². The van der Waals surface area contributed by atoms with E-state index in [1.807, 2.05) is 24.3 Å². The van der Waals surface area contributed by atoms with Crippen molar-refractivity contribution >= 4 is 76.3 Å². The Morgan fingerprint density at radius 2 is 0.772 bits per heavy atom. The lowest BCUT2D eigenvalue weighted by molar-refractivity contribution is 0.667. The van der Waals surface area contributed by atoms with Gasteiger partial charge >= 0.3 is 0 Å². The molecule has 7 heteroatoms. The van der Waals surface area contributed by atoms with Crippen molar-refractivity contribution in [3.05, 3.63) is 267 Å². The predicted molar refractivity (Wildman–Crippen MR) is 324 cm³/mol. The van der Waals surface area contributed by atoms with E-state index in [0.29, 0.717) is 23.1 Å². The average molecular weight is 1010 g/mol. The minimum absolute atomic E-state index is 0.561. The number of aromatic nitrogens is 6. The summed E-state index contributed by atoms with van der Waals surface area (Å²) in [6.45, 7) is 0. The van der Waals surface area contributed by atoms with Gasteiger partial charge in [0.15, 0.2) is 23.1 Å². The Hall–Kier alpha value is -10.8. The number of pyridine rings is 1. The van der Waals surface area contributed by atoms with Gasteiger partial charge in [0.1, 0.15) is 5.58 Å². The lowest BCUT2D eigenvalue weighted by Crippen LogP contribution is -2.00. The van der Waals surface area contributed by atoms with Crippen LogP contribution in [0, 0.1) is 0 Å². The van der Waals surface area contributed by atoms with Crippen molar-refractivity contribution in [2.45, 2.75) is 0 Å². The molecule has 7 nitrogen and oxygen atoms in total. The second-order valence-electron chi connectivity index (χ2n) is 20.2. The Bertz CT molecular complexity index is 5070. The molecule has 0 radical (unpaired) electrons. The maximum Gasteiger partial charge on any atom is 0.164 e. The Kier molecular flexibility index (Phi) is 10.1. The number of fused-ring (bicyclic) bond motifs is 10. The molecule has 0 bridgehead atoms. The fraction of sp³-hybridized carbons (Fsp3) is 0. The average Bonchev–Trinajstić information content (AvgIpc) is 4.38. The van der Waals surface area contributed by atoms with Crippen LogP contribution >= 0.6 is 0 Å². The molecule has 0 saturated heterocycles. The van der Waals surface area contributed by atoms with Crippen molar-refractivity contribution in [3.8, 4) is 78.9 Å². The van der Waals surface area contributed by atoms with Crippen LogP contribution in [0.3, 0.4) is 0 Å². The minimum atomic E-state index is 0.561. The highest BCUT2D eigenvalue weighted by Crippen LogP contribution is 2.41. The largest absolute Gasteiger partial charge is 0.454 e. The zero-order valence-electron chi connectivity index (χ0n) is 42.5. The molecule has 368 valence electrons. The molecule has 0 aliphatic rings. The fourth-order valence-electron chi connectivity index (χ4n) is 11.9. The van der Waals surface area contributed by atoms with E-state index in [0.717, 1.165) is 77.4 Å². The summed E-state index contributed by atoms with van der Waals surface area (Å²) in [5, 5.41) is 9.04. The van der Waals surface area contributed by atoms with Crippen LogP contribution in [-0.4, -0.2) is 29.1 Å². The molecular formula is C72H44N6O. The van der Waals surface area contributed by atoms with E-state index in [9.17, 15) is 0 Å². The number of furan rings is 1. The first-order chi connectivity index (χ1) is 39.1. The van der Waals surface area contributed by atoms with E-state index in [1.165, 1.54) is 54.8 Å². The number of rotatable bonds is 8. The molecule has 0 amide bonds. The summed E-state index contributed by atoms with van der Waals surface area (Å²) in [5.41, 5.74) is 17.9. The molecule has 11 aromatic carbocycles. The molecule has 5 aromatic heterocycles. The molecule has 0 N–H and O–H groups in total. The van der Waals surface area contributed by atoms with Crippen LogP contribution in [0.5, 0.6) is 0 Å². The first-order valence-electron chi connectivity index (χ1n) is 26.6. The van der Waals surface area contributed by atoms with Gasteiger partial charge in [-0.25, -0.2) is 15.0 Å². The number of hydrogen-bond donors (Lipinski definition) is 0. The fourth-order valence-corrected chi connectivity index (χ4v) is 11.9. The summed E-state index contributed by atoms with van der Waals surface area (Å²) >= 11 is 0. The molecule has 0 unspecified atom stereocenters. The number of nitrogens with zero attached hydrogens (tertiary/aromatic N) is 6. The predicted octanol–water partition coefficient (Wildman–Crippen LogP) is 18.5. The lowest BCUT2D eigenvalue weighted by atomic mass is 9.99. The summed E-state index contributed by atoms with van der Waals surface area (Å²) in [4.78, 5) is 20.1. The van der Waals surface area contributed by atoms with Crippen LogP contribution in [0.4, 0.5) is 0 Å². The lowest BCUT2D eigenvalue weighted by Gasteiger charge is -2.12. The SMILES string of the molecule is c1ccc(-c2ccc3cc(-c4nc(-c5cccc(-c6ccc(-n7c8ccccc8c8cc(-c9ccc%10c(c9)c9ccccc9n%10-c9ccccc9)ccc87)cc6)c5)nc(-c5cccc6oc7cnccc7c56)n4)ccc3c2)cc1. The van der Waals surface area contributed by atoms with Gasteiger partial charge in [-0.05, 0) is 135 Å². The van der Waals surface area contributed by atoms with E-state index in [-0.39, 0.29) is 0 Å². The molecule has 5 heterocycles.